The zero-order valence-corrected chi connectivity index (χ0v) is 24.5. The topological polar surface area (TPSA) is 98.3 Å². The van der Waals surface area contributed by atoms with Crippen molar-refractivity contribution in [2.75, 3.05) is 5.32 Å². The third-order valence-corrected chi connectivity index (χ3v) is 7.56. The van der Waals surface area contributed by atoms with Crippen molar-refractivity contribution in [1.82, 2.24) is 9.97 Å². The number of unbranched alkanes of at least 4 members (excludes halogenated alkanes) is 2. The number of carbonyl (C=O) groups excluding carboxylic acids is 3. The summed E-state index contributed by atoms with van der Waals surface area (Å²) in [6, 6.07) is 7.27. The molecular weight excluding hydrogens is 518 g/mol. The molecule has 9 heteroatoms. The second-order valence-corrected chi connectivity index (χ2v) is 12.7. The first-order valence-electron chi connectivity index (χ1n) is 13.0. The predicted molar refractivity (Wildman–Crippen MR) is 154 cm³/mol. The molecule has 0 bridgehead atoms. The van der Waals surface area contributed by atoms with Crippen molar-refractivity contribution in [2.24, 2.45) is 5.92 Å². The molecule has 3 rings (SSSR count). The van der Waals surface area contributed by atoms with Gasteiger partial charge in [-0.3, -0.25) is 14.9 Å². The molecule has 0 aliphatic carbocycles. The molecule has 0 fully saturated rings. The first-order chi connectivity index (χ1) is 18.0. The number of rotatable bonds is 13. The molecule has 1 aromatic carbocycles. The van der Waals surface area contributed by atoms with E-state index in [0.29, 0.717) is 43.0 Å². The van der Waals surface area contributed by atoms with E-state index in [1.807, 2.05) is 23.6 Å². The van der Waals surface area contributed by atoms with E-state index in [9.17, 15) is 14.4 Å². The number of para-hydroxylation sites is 1. The van der Waals surface area contributed by atoms with Crippen molar-refractivity contribution in [3.05, 3.63) is 52.0 Å². The number of amides is 1. The van der Waals surface area contributed by atoms with Gasteiger partial charge >= 0.3 is 6.09 Å². The summed E-state index contributed by atoms with van der Waals surface area (Å²) in [5.41, 5.74) is 1.32. The number of nitrogens with zero attached hydrogens (tertiary/aromatic N) is 2. The van der Waals surface area contributed by atoms with Crippen LogP contribution >= 0.6 is 22.7 Å². The average molecular weight is 556 g/mol. The molecule has 1 N–H and O–H groups in total. The van der Waals surface area contributed by atoms with Gasteiger partial charge in [-0.1, -0.05) is 38.5 Å². The summed E-state index contributed by atoms with van der Waals surface area (Å²) in [5, 5.41) is 6.32. The molecule has 0 saturated heterocycles. The number of hydrogen-bond acceptors (Lipinski definition) is 8. The normalized spacial score (nSPS) is 11.5. The minimum Gasteiger partial charge on any atom is -0.444 e. The van der Waals surface area contributed by atoms with Gasteiger partial charge in [0.2, 0.25) is 0 Å². The van der Waals surface area contributed by atoms with Gasteiger partial charge < -0.3 is 4.74 Å². The van der Waals surface area contributed by atoms with E-state index >= 15 is 0 Å². The zero-order valence-electron chi connectivity index (χ0n) is 22.8. The first kappa shape index (κ1) is 29.6. The van der Waals surface area contributed by atoms with Gasteiger partial charge in [0.15, 0.2) is 15.8 Å². The fourth-order valence-corrected chi connectivity index (χ4v) is 5.88. The van der Waals surface area contributed by atoms with Crippen molar-refractivity contribution >= 4 is 46.0 Å². The van der Waals surface area contributed by atoms with E-state index < -0.39 is 11.7 Å². The highest BCUT2D eigenvalue weighted by atomic mass is 32.1. The standard InChI is InChI=1S/C29H37N3O4S2/c1-19(2)17-24-25(32-27(38-24)26-30-15-16-37-26)23(34)14-8-6-7-12-21(33)18-20-11-9-10-13-22(20)31-28(35)36-29(3,4)5/h9-11,13,15-16,19H,6-8,12,14,17-18H2,1-5H3,(H,31,35). The molecule has 3 aromatic rings. The molecule has 0 aliphatic rings. The zero-order chi connectivity index (χ0) is 27.7. The van der Waals surface area contributed by atoms with E-state index in [4.69, 9.17) is 4.74 Å². The van der Waals surface area contributed by atoms with Crippen LogP contribution in [0.3, 0.4) is 0 Å². The van der Waals surface area contributed by atoms with E-state index in [-0.39, 0.29) is 18.0 Å². The maximum atomic E-state index is 13.0. The lowest BCUT2D eigenvalue weighted by atomic mass is 10.0. The van der Waals surface area contributed by atoms with Crippen LogP contribution in [-0.4, -0.2) is 33.2 Å². The number of ketones is 2. The van der Waals surface area contributed by atoms with Crippen LogP contribution in [0.15, 0.2) is 35.8 Å². The Bertz CT molecular complexity index is 1230. The van der Waals surface area contributed by atoms with Crippen LogP contribution in [0.1, 0.15) is 87.7 Å². The van der Waals surface area contributed by atoms with Crippen LogP contribution in [0.25, 0.3) is 10.0 Å². The van der Waals surface area contributed by atoms with E-state index in [0.717, 1.165) is 33.3 Å². The Kier molecular flexibility index (Phi) is 10.7. The number of carbonyl (C=O) groups is 3. The van der Waals surface area contributed by atoms with Crippen molar-refractivity contribution in [3.63, 3.8) is 0 Å². The monoisotopic (exact) mass is 555 g/mol. The van der Waals surface area contributed by atoms with Crippen LogP contribution in [0, 0.1) is 5.92 Å². The highest BCUT2D eigenvalue weighted by Gasteiger charge is 2.21. The lowest BCUT2D eigenvalue weighted by Gasteiger charge is -2.20. The molecular formula is C29H37N3O4S2. The molecule has 0 spiro atoms. The second-order valence-electron chi connectivity index (χ2n) is 10.7. The van der Waals surface area contributed by atoms with Gasteiger partial charge in [-0.25, -0.2) is 14.8 Å². The number of benzene rings is 1. The summed E-state index contributed by atoms with van der Waals surface area (Å²) in [6.07, 6.45) is 5.34. The van der Waals surface area contributed by atoms with Crippen LogP contribution < -0.4 is 5.32 Å². The second kappa shape index (κ2) is 13.8. The van der Waals surface area contributed by atoms with Crippen LogP contribution in [0.4, 0.5) is 10.5 Å². The van der Waals surface area contributed by atoms with Crippen molar-refractivity contribution < 1.29 is 19.1 Å². The number of aromatic nitrogens is 2. The van der Waals surface area contributed by atoms with Crippen LogP contribution in [-0.2, 0) is 22.4 Å². The molecule has 0 unspecified atom stereocenters. The van der Waals surface area contributed by atoms with Crippen molar-refractivity contribution in [1.29, 1.82) is 0 Å². The third-order valence-electron chi connectivity index (χ3n) is 5.57. The molecule has 2 heterocycles. The number of thiazole rings is 2. The molecule has 38 heavy (non-hydrogen) atoms. The third kappa shape index (κ3) is 9.44. The van der Waals surface area contributed by atoms with Gasteiger partial charge in [-0.2, -0.15) is 0 Å². The summed E-state index contributed by atoms with van der Waals surface area (Å²) in [5.74, 6) is 0.594. The average Bonchev–Trinajstić information content (AvgIpc) is 3.48. The van der Waals surface area contributed by atoms with Crippen molar-refractivity contribution in [2.45, 2.75) is 85.2 Å². The van der Waals surface area contributed by atoms with Gasteiger partial charge in [0, 0.05) is 41.4 Å². The van der Waals surface area contributed by atoms with Gasteiger partial charge in [-0.05, 0) is 57.6 Å². The lowest BCUT2D eigenvalue weighted by Crippen LogP contribution is -2.27. The maximum absolute atomic E-state index is 13.0. The molecule has 204 valence electrons. The largest absolute Gasteiger partial charge is 0.444 e. The Morgan fingerprint density at radius 1 is 1.03 bits per heavy atom. The minimum atomic E-state index is -0.602. The Labute approximate surface area is 233 Å². The Balaban J connectivity index is 1.47. The molecule has 2 aromatic heterocycles. The smallest absolute Gasteiger partial charge is 0.412 e. The number of anilines is 1. The lowest BCUT2D eigenvalue weighted by molar-refractivity contribution is -0.118. The molecule has 0 radical (unpaired) electrons. The van der Waals surface area contributed by atoms with Gasteiger partial charge in [0.25, 0.3) is 0 Å². The molecule has 0 saturated carbocycles. The highest BCUT2D eigenvalue weighted by molar-refractivity contribution is 7.20. The number of Topliss-reactive ketones (excluding diaryl/α,β-unsaturated/α-hetero) is 2. The maximum Gasteiger partial charge on any atom is 0.412 e. The van der Waals surface area contributed by atoms with Gasteiger partial charge in [0.1, 0.15) is 17.1 Å². The fourth-order valence-electron chi connectivity index (χ4n) is 3.91. The molecule has 7 nitrogen and oxygen atoms in total. The highest BCUT2D eigenvalue weighted by Crippen LogP contribution is 2.32. The SMILES string of the molecule is CC(C)Cc1sc(-c2nccs2)nc1C(=O)CCCCCC(=O)Cc1ccccc1NC(=O)OC(C)(C)C. The number of hydrogen-bond donors (Lipinski definition) is 1. The Hall–Kier alpha value is -2.91. The summed E-state index contributed by atoms with van der Waals surface area (Å²) in [7, 11) is 0. The number of nitrogens with one attached hydrogen (secondary N) is 1. The van der Waals surface area contributed by atoms with Gasteiger partial charge in [0.05, 0.1) is 0 Å². The van der Waals surface area contributed by atoms with E-state index in [1.54, 1.807) is 44.4 Å². The first-order valence-corrected chi connectivity index (χ1v) is 14.7. The number of ether oxygens (including phenoxy) is 1. The molecule has 0 aliphatic heterocycles. The predicted octanol–water partition coefficient (Wildman–Crippen LogP) is 7.76. The van der Waals surface area contributed by atoms with Gasteiger partial charge in [-0.15, -0.1) is 22.7 Å². The Morgan fingerprint density at radius 2 is 1.76 bits per heavy atom. The Morgan fingerprint density at radius 3 is 2.45 bits per heavy atom. The van der Waals surface area contributed by atoms with Crippen LogP contribution in [0.2, 0.25) is 0 Å². The van der Waals surface area contributed by atoms with E-state index in [1.165, 1.54) is 11.3 Å². The summed E-state index contributed by atoms with van der Waals surface area (Å²) < 4.78 is 5.32. The fraction of sp³-hybridized carbons (Fsp3) is 0.483. The van der Waals surface area contributed by atoms with Crippen LogP contribution in [0.5, 0.6) is 0 Å². The summed E-state index contributed by atoms with van der Waals surface area (Å²) >= 11 is 3.10. The minimum absolute atomic E-state index is 0.0631. The molecule has 0 atom stereocenters. The summed E-state index contributed by atoms with van der Waals surface area (Å²) in [4.78, 5) is 47.8. The quantitative estimate of drug-likeness (QED) is 0.171. The van der Waals surface area contributed by atoms with Crippen molar-refractivity contribution in [3.8, 4) is 10.0 Å². The van der Waals surface area contributed by atoms with E-state index in [2.05, 4.69) is 29.1 Å². The molecule has 1 amide bonds. The summed E-state index contributed by atoms with van der Waals surface area (Å²) in [6.45, 7) is 9.69.